The van der Waals surface area contributed by atoms with Gasteiger partial charge < -0.3 is 10.1 Å². The molecule has 0 saturated carbocycles. The van der Waals surface area contributed by atoms with Crippen molar-refractivity contribution in [2.24, 2.45) is 0 Å². The predicted molar refractivity (Wildman–Crippen MR) is 91.7 cm³/mol. The largest absolute Gasteiger partial charge is 0.467 e. The summed E-state index contributed by atoms with van der Waals surface area (Å²) in [6, 6.07) is 11.6. The fourth-order valence-electron chi connectivity index (χ4n) is 3.56. The van der Waals surface area contributed by atoms with Gasteiger partial charge in [-0.15, -0.1) is 0 Å². The molecule has 0 aliphatic carbocycles. The number of nitro groups is 1. The van der Waals surface area contributed by atoms with Gasteiger partial charge in [-0.25, -0.2) is 4.79 Å². The highest BCUT2D eigenvalue weighted by Gasteiger charge is 2.50. The van der Waals surface area contributed by atoms with E-state index < -0.39 is 10.6 Å². The molecule has 1 N–H and O–H groups in total. The molecule has 7 heteroatoms. The normalized spacial score (nSPS) is 24.2. The van der Waals surface area contributed by atoms with Crippen LogP contribution in [0.1, 0.15) is 30.5 Å². The van der Waals surface area contributed by atoms with Crippen molar-refractivity contribution in [1.29, 1.82) is 0 Å². The minimum atomic E-state index is -0.856. The Bertz CT molecular complexity index is 880. The van der Waals surface area contributed by atoms with Crippen LogP contribution in [0.4, 0.5) is 16.2 Å². The van der Waals surface area contributed by atoms with Crippen LogP contribution >= 0.6 is 0 Å². The average molecular weight is 339 g/mol. The summed E-state index contributed by atoms with van der Waals surface area (Å²) in [5.41, 5.74) is 1.62. The average Bonchev–Trinajstić information content (AvgIpc) is 2.55. The van der Waals surface area contributed by atoms with Gasteiger partial charge in [0, 0.05) is 29.8 Å². The van der Waals surface area contributed by atoms with Gasteiger partial charge in [-0.1, -0.05) is 17.7 Å². The molecule has 2 aromatic carbocycles. The first-order valence-electron chi connectivity index (χ1n) is 8.02. The van der Waals surface area contributed by atoms with E-state index in [1.54, 1.807) is 11.0 Å². The van der Waals surface area contributed by atoms with Crippen molar-refractivity contribution in [3.05, 3.63) is 63.7 Å². The number of hydrogen-bond acceptors (Lipinski definition) is 4. The number of nitrogens with zero attached hydrogens (tertiary/aromatic N) is 2. The van der Waals surface area contributed by atoms with Crippen LogP contribution in [-0.2, 0) is 0 Å². The quantitative estimate of drug-likeness (QED) is 0.668. The molecule has 1 fully saturated rings. The highest BCUT2D eigenvalue weighted by molar-refractivity contribution is 5.95. The molecule has 2 aliphatic heterocycles. The minimum Gasteiger partial charge on any atom is -0.467 e. The lowest BCUT2D eigenvalue weighted by Crippen LogP contribution is -2.65. The van der Waals surface area contributed by atoms with E-state index in [0.29, 0.717) is 17.7 Å². The molecule has 0 aromatic heterocycles. The van der Waals surface area contributed by atoms with Crippen molar-refractivity contribution in [2.75, 3.05) is 4.90 Å². The molecule has 2 heterocycles. The van der Waals surface area contributed by atoms with Gasteiger partial charge in [0.1, 0.15) is 5.75 Å². The van der Waals surface area contributed by atoms with E-state index in [1.807, 2.05) is 38.1 Å². The van der Waals surface area contributed by atoms with E-state index in [2.05, 4.69) is 5.32 Å². The summed E-state index contributed by atoms with van der Waals surface area (Å²) in [7, 11) is 0. The van der Waals surface area contributed by atoms with Crippen LogP contribution in [0.3, 0.4) is 0 Å². The third-order valence-corrected chi connectivity index (χ3v) is 4.76. The Morgan fingerprint density at radius 3 is 2.68 bits per heavy atom. The van der Waals surface area contributed by atoms with Crippen LogP contribution in [0, 0.1) is 17.0 Å². The summed E-state index contributed by atoms with van der Waals surface area (Å²) >= 11 is 0. The number of fused-ring (bicyclic) bond motifs is 4. The Hall–Kier alpha value is -3.09. The Balaban J connectivity index is 1.77. The van der Waals surface area contributed by atoms with Crippen LogP contribution < -0.4 is 15.0 Å². The lowest BCUT2D eigenvalue weighted by Gasteiger charge is -2.50. The van der Waals surface area contributed by atoms with Crippen molar-refractivity contribution in [3.8, 4) is 5.75 Å². The maximum absolute atomic E-state index is 12.7. The molecule has 25 heavy (non-hydrogen) atoms. The van der Waals surface area contributed by atoms with Gasteiger partial charge in [0.25, 0.3) is 5.69 Å². The highest BCUT2D eigenvalue weighted by atomic mass is 16.6. The lowest BCUT2D eigenvalue weighted by molar-refractivity contribution is -0.385. The van der Waals surface area contributed by atoms with E-state index in [-0.39, 0.29) is 17.8 Å². The Kier molecular flexibility index (Phi) is 3.21. The van der Waals surface area contributed by atoms with Gasteiger partial charge in [-0.2, -0.15) is 0 Å². The van der Waals surface area contributed by atoms with E-state index in [1.165, 1.54) is 12.1 Å². The van der Waals surface area contributed by atoms with E-state index in [9.17, 15) is 14.9 Å². The summed E-state index contributed by atoms with van der Waals surface area (Å²) in [5, 5.41) is 14.0. The fourth-order valence-corrected chi connectivity index (χ4v) is 3.56. The number of hydrogen-bond donors (Lipinski definition) is 1. The van der Waals surface area contributed by atoms with Crippen LogP contribution in [0.15, 0.2) is 42.5 Å². The Morgan fingerprint density at radius 2 is 2.00 bits per heavy atom. The standard InChI is InChI=1S/C18H17N3O4/c1-11-3-5-12(6-4-11)20-17(22)19-15-10-18(20,2)25-16-8-7-13(21(23)24)9-14(15)16/h3-9,15H,10H2,1-2H3,(H,19,22)/t15-,18-/m1/s1. The number of rotatable bonds is 2. The van der Waals surface area contributed by atoms with Crippen molar-refractivity contribution >= 4 is 17.4 Å². The van der Waals surface area contributed by atoms with Crippen molar-refractivity contribution < 1.29 is 14.5 Å². The van der Waals surface area contributed by atoms with Gasteiger partial charge in [0.15, 0.2) is 5.72 Å². The maximum Gasteiger partial charge on any atom is 0.325 e. The predicted octanol–water partition coefficient (Wildman–Crippen LogP) is 3.67. The monoisotopic (exact) mass is 339 g/mol. The van der Waals surface area contributed by atoms with Crippen molar-refractivity contribution in [1.82, 2.24) is 5.32 Å². The SMILES string of the molecule is Cc1ccc(N2C(=O)N[C@@H]3C[C@@]2(C)Oc2ccc([N+](=O)[O-])cc23)cc1. The van der Waals surface area contributed by atoms with Gasteiger partial charge in [0.05, 0.1) is 11.0 Å². The first kappa shape index (κ1) is 15.4. The topological polar surface area (TPSA) is 84.7 Å². The molecule has 7 nitrogen and oxygen atoms in total. The van der Waals surface area contributed by atoms with Gasteiger partial charge in [0.2, 0.25) is 0 Å². The van der Waals surface area contributed by atoms with Crippen LogP contribution in [-0.4, -0.2) is 16.7 Å². The van der Waals surface area contributed by atoms with Crippen LogP contribution in [0.5, 0.6) is 5.75 Å². The molecule has 0 spiro atoms. The molecule has 1 saturated heterocycles. The van der Waals surface area contributed by atoms with Crippen LogP contribution in [0.2, 0.25) is 0 Å². The Labute approximate surface area is 144 Å². The molecular weight excluding hydrogens is 322 g/mol. The molecule has 128 valence electrons. The summed E-state index contributed by atoms with van der Waals surface area (Å²) < 4.78 is 6.14. The third-order valence-electron chi connectivity index (χ3n) is 4.76. The number of urea groups is 1. The molecule has 2 aromatic rings. The van der Waals surface area contributed by atoms with Gasteiger partial charge in [-0.3, -0.25) is 15.0 Å². The number of carbonyl (C=O) groups excluding carboxylic acids is 1. The molecule has 2 atom stereocenters. The molecule has 0 unspecified atom stereocenters. The number of benzene rings is 2. The van der Waals surface area contributed by atoms with Crippen LogP contribution in [0.25, 0.3) is 0 Å². The van der Waals surface area contributed by atoms with E-state index >= 15 is 0 Å². The fraction of sp³-hybridized carbons (Fsp3) is 0.278. The summed E-state index contributed by atoms with van der Waals surface area (Å²) in [6.07, 6.45) is 0.501. The summed E-state index contributed by atoms with van der Waals surface area (Å²) in [5.74, 6) is 0.557. The highest BCUT2D eigenvalue weighted by Crippen LogP contribution is 2.46. The second-order valence-electron chi connectivity index (χ2n) is 6.63. The zero-order chi connectivity index (χ0) is 17.8. The minimum absolute atomic E-state index is 0.0128. The second kappa shape index (κ2) is 5.20. The number of anilines is 1. The number of nitrogens with one attached hydrogen (secondary N) is 1. The number of aryl methyl sites for hydroxylation is 1. The molecule has 2 bridgehead atoms. The molecule has 0 radical (unpaired) electrons. The smallest absolute Gasteiger partial charge is 0.325 e. The molecule has 4 rings (SSSR count). The molecule has 2 amide bonds. The first-order chi connectivity index (χ1) is 11.9. The van der Waals surface area contributed by atoms with Gasteiger partial charge >= 0.3 is 6.03 Å². The first-order valence-corrected chi connectivity index (χ1v) is 8.02. The number of ether oxygens (including phenoxy) is 1. The number of carbonyl (C=O) groups is 1. The number of amides is 2. The lowest BCUT2D eigenvalue weighted by atomic mass is 9.90. The number of nitro benzene ring substituents is 1. The molecular formula is C18H17N3O4. The molecule has 2 aliphatic rings. The summed E-state index contributed by atoms with van der Waals surface area (Å²) in [4.78, 5) is 24.9. The zero-order valence-electron chi connectivity index (χ0n) is 13.9. The summed E-state index contributed by atoms with van der Waals surface area (Å²) in [6.45, 7) is 3.85. The maximum atomic E-state index is 12.7. The van der Waals surface area contributed by atoms with E-state index in [0.717, 1.165) is 11.3 Å². The third kappa shape index (κ3) is 2.39. The van der Waals surface area contributed by atoms with Crippen molar-refractivity contribution in [2.45, 2.75) is 32.0 Å². The zero-order valence-corrected chi connectivity index (χ0v) is 13.9. The van der Waals surface area contributed by atoms with Crippen molar-refractivity contribution in [3.63, 3.8) is 0 Å². The Morgan fingerprint density at radius 1 is 1.28 bits per heavy atom. The van der Waals surface area contributed by atoms with Gasteiger partial charge in [-0.05, 0) is 32.0 Å². The second-order valence-corrected chi connectivity index (χ2v) is 6.63. The number of non-ortho nitro benzene ring substituents is 1. The van der Waals surface area contributed by atoms with E-state index in [4.69, 9.17) is 4.74 Å².